The Morgan fingerprint density at radius 2 is 1.69 bits per heavy atom. The van der Waals surface area contributed by atoms with Gasteiger partial charge in [0.25, 0.3) is 0 Å². The third kappa shape index (κ3) is 4.21. The molecule has 0 fully saturated rings. The van der Waals surface area contributed by atoms with Crippen LogP contribution < -0.4 is 11.0 Å². The number of hydrogen-bond donors (Lipinski definition) is 1. The summed E-state index contributed by atoms with van der Waals surface area (Å²) < 4.78 is 1.41. The summed E-state index contributed by atoms with van der Waals surface area (Å²) in [4.78, 5) is 33.7. The van der Waals surface area contributed by atoms with Gasteiger partial charge in [-0.1, -0.05) is 54.6 Å². The maximum Gasteiger partial charge on any atom is 0.349 e. The van der Waals surface area contributed by atoms with Crippen LogP contribution in [0.15, 0.2) is 83.8 Å². The maximum absolute atomic E-state index is 12.7. The third-order valence-corrected chi connectivity index (χ3v) is 4.67. The number of nitrogens with zero attached hydrogens (tertiary/aromatic N) is 3. The molecule has 144 valence electrons. The van der Waals surface area contributed by atoms with Crippen molar-refractivity contribution in [1.82, 2.24) is 19.9 Å². The minimum atomic E-state index is -0.442. The van der Waals surface area contributed by atoms with E-state index in [0.29, 0.717) is 24.2 Å². The molecule has 6 nitrogen and oxygen atoms in total. The number of aromatic nitrogens is 3. The van der Waals surface area contributed by atoms with Gasteiger partial charge in [-0.15, -0.1) is 0 Å². The summed E-state index contributed by atoms with van der Waals surface area (Å²) in [6, 6.07) is 22.8. The molecule has 0 saturated carbocycles. The highest BCUT2D eigenvalue weighted by Crippen LogP contribution is 2.24. The predicted molar refractivity (Wildman–Crippen MR) is 112 cm³/mol. The summed E-state index contributed by atoms with van der Waals surface area (Å²) in [5.74, 6) is -0.234. The Bertz CT molecular complexity index is 1190. The monoisotopic (exact) mass is 384 g/mol. The molecular formula is C23H20N4O2. The maximum atomic E-state index is 12.7. The molecule has 0 aliphatic carbocycles. The topological polar surface area (TPSA) is 76.9 Å². The quantitative estimate of drug-likeness (QED) is 0.555. The molecule has 0 aliphatic rings. The molecule has 0 atom stereocenters. The lowest BCUT2D eigenvalue weighted by Crippen LogP contribution is -2.34. The molecule has 0 aliphatic heterocycles. The highest BCUT2D eigenvalue weighted by atomic mass is 16.2. The first kappa shape index (κ1) is 18.6. The summed E-state index contributed by atoms with van der Waals surface area (Å²) in [7, 11) is 0. The minimum Gasteiger partial charge on any atom is -0.354 e. The predicted octanol–water partition coefficient (Wildman–Crippen LogP) is 2.82. The molecule has 4 aromatic rings. The van der Waals surface area contributed by atoms with E-state index in [0.717, 1.165) is 16.6 Å². The lowest BCUT2D eigenvalue weighted by Gasteiger charge is -2.13. The zero-order valence-corrected chi connectivity index (χ0v) is 15.8. The van der Waals surface area contributed by atoms with Gasteiger partial charge in [-0.25, -0.2) is 4.79 Å². The van der Waals surface area contributed by atoms with Crippen molar-refractivity contribution in [3.05, 3.63) is 95.2 Å². The molecule has 2 heterocycles. The molecular weight excluding hydrogens is 364 g/mol. The van der Waals surface area contributed by atoms with Crippen LogP contribution in [0.1, 0.15) is 5.69 Å². The van der Waals surface area contributed by atoms with Crippen molar-refractivity contribution >= 4 is 16.8 Å². The molecule has 1 amide bonds. The number of carbonyl (C=O) groups excluding carboxylic acids is 1. The molecule has 0 bridgehead atoms. The molecule has 2 aromatic carbocycles. The van der Waals surface area contributed by atoms with Crippen LogP contribution in [-0.2, 0) is 17.8 Å². The third-order valence-electron chi connectivity index (χ3n) is 4.67. The van der Waals surface area contributed by atoms with Gasteiger partial charge in [-0.05, 0) is 18.2 Å². The van der Waals surface area contributed by atoms with Crippen molar-refractivity contribution in [3.8, 4) is 11.3 Å². The SMILES string of the molecule is O=C(Cn1c(=O)nc(-c2ccccc2)c2ccccc21)NCCc1ccccn1. The Balaban J connectivity index is 1.57. The number of fused-ring (bicyclic) bond motifs is 1. The highest BCUT2D eigenvalue weighted by molar-refractivity contribution is 5.93. The second-order valence-electron chi connectivity index (χ2n) is 6.63. The first-order chi connectivity index (χ1) is 14.2. The van der Waals surface area contributed by atoms with Crippen LogP contribution in [0.4, 0.5) is 0 Å². The molecule has 0 saturated heterocycles. The Morgan fingerprint density at radius 1 is 0.931 bits per heavy atom. The summed E-state index contributed by atoms with van der Waals surface area (Å²) in [5.41, 5.74) is 2.64. The molecule has 29 heavy (non-hydrogen) atoms. The summed E-state index contributed by atoms with van der Waals surface area (Å²) >= 11 is 0. The number of nitrogens with one attached hydrogen (secondary N) is 1. The van der Waals surface area contributed by atoms with Gasteiger partial charge in [0.2, 0.25) is 5.91 Å². The lowest BCUT2D eigenvalue weighted by atomic mass is 10.1. The average molecular weight is 384 g/mol. The smallest absolute Gasteiger partial charge is 0.349 e. The van der Waals surface area contributed by atoms with Crippen LogP contribution in [0.25, 0.3) is 22.2 Å². The van der Waals surface area contributed by atoms with Crippen LogP contribution in [-0.4, -0.2) is 27.0 Å². The Kier molecular flexibility index (Phi) is 5.42. The molecule has 1 N–H and O–H groups in total. The van der Waals surface area contributed by atoms with Crippen molar-refractivity contribution in [2.24, 2.45) is 0 Å². The number of rotatable bonds is 6. The fraction of sp³-hybridized carbons (Fsp3) is 0.130. The number of para-hydroxylation sites is 1. The molecule has 0 unspecified atom stereocenters. The van der Waals surface area contributed by atoms with E-state index in [1.807, 2.05) is 72.8 Å². The van der Waals surface area contributed by atoms with Crippen LogP contribution in [0.3, 0.4) is 0 Å². The summed E-state index contributed by atoms with van der Waals surface area (Å²) in [6.45, 7) is 0.377. The Morgan fingerprint density at radius 3 is 2.48 bits per heavy atom. The Hall–Kier alpha value is -3.80. The van der Waals surface area contributed by atoms with Gasteiger partial charge in [0.15, 0.2) is 0 Å². The van der Waals surface area contributed by atoms with E-state index in [1.165, 1.54) is 4.57 Å². The standard InChI is InChI=1S/C23H20N4O2/c28-21(25-15-13-18-10-6-7-14-24-18)16-27-20-12-5-4-11-19(20)22(26-23(27)29)17-8-2-1-3-9-17/h1-12,14H,13,15-16H2,(H,25,28). The van der Waals surface area contributed by atoms with E-state index in [1.54, 1.807) is 6.20 Å². The van der Waals surface area contributed by atoms with E-state index >= 15 is 0 Å². The fourth-order valence-electron chi connectivity index (χ4n) is 3.27. The fourth-order valence-corrected chi connectivity index (χ4v) is 3.27. The molecule has 6 heteroatoms. The van der Waals surface area contributed by atoms with Gasteiger partial charge in [0.1, 0.15) is 6.54 Å². The normalized spacial score (nSPS) is 10.8. The number of pyridine rings is 1. The van der Waals surface area contributed by atoms with Gasteiger partial charge in [0, 0.05) is 35.8 Å². The molecule has 0 radical (unpaired) electrons. The number of benzene rings is 2. The van der Waals surface area contributed by atoms with E-state index in [9.17, 15) is 9.59 Å². The second kappa shape index (κ2) is 8.48. The zero-order chi connectivity index (χ0) is 20.1. The van der Waals surface area contributed by atoms with Gasteiger partial charge in [-0.3, -0.25) is 14.3 Å². The summed E-state index contributed by atoms with van der Waals surface area (Å²) in [6.07, 6.45) is 2.36. The van der Waals surface area contributed by atoms with Crippen LogP contribution in [0.2, 0.25) is 0 Å². The Labute approximate surface area is 167 Å². The highest BCUT2D eigenvalue weighted by Gasteiger charge is 2.14. The zero-order valence-electron chi connectivity index (χ0n) is 15.8. The van der Waals surface area contributed by atoms with Crippen LogP contribution in [0.5, 0.6) is 0 Å². The lowest BCUT2D eigenvalue weighted by molar-refractivity contribution is -0.121. The molecule has 2 aromatic heterocycles. The van der Waals surface area contributed by atoms with Crippen molar-refractivity contribution in [2.45, 2.75) is 13.0 Å². The van der Waals surface area contributed by atoms with E-state index < -0.39 is 5.69 Å². The van der Waals surface area contributed by atoms with Crippen LogP contribution in [0, 0.1) is 0 Å². The average Bonchev–Trinajstić information content (AvgIpc) is 2.77. The van der Waals surface area contributed by atoms with Gasteiger partial charge >= 0.3 is 5.69 Å². The first-order valence-corrected chi connectivity index (χ1v) is 9.44. The van der Waals surface area contributed by atoms with Gasteiger partial charge in [0.05, 0.1) is 11.2 Å². The molecule has 4 rings (SSSR count). The number of carbonyl (C=O) groups is 1. The number of hydrogen-bond acceptors (Lipinski definition) is 4. The van der Waals surface area contributed by atoms with E-state index in [4.69, 9.17) is 0 Å². The first-order valence-electron chi connectivity index (χ1n) is 9.44. The van der Waals surface area contributed by atoms with Crippen molar-refractivity contribution < 1.29 is 4.79 Å². The van der Waals surface area contributed by atoms with Gasteiger partial charge < -0.3 is 5.32 Å². The number of amides is 1. The largest absolute Gasteiger partial charge is 0.354 e. The van der Waals surface area contributed by atoms with E-state index in [2.05, 4.69) is 15.3 Å². The van der Waals surface area contributed by atoms with Crippen LogP contribution >= 0.6 is 0 Å². The minimum absolute atomic E-state index is 0.0797. The summed E-state index contributed by atoms with van der Waals surface area (Å²) in [5, 5.41) is 3.68. The second-order valence-corrected chi connectivity index (χ2v) is 6.63. The van der Waals surface area contributed by atoms with Crippen molar-refractivity contribution in [2.75, 3.05) is 6.54 Å². The van der Waals surface area contributed by atoms with Crippen molar-refractivity contribution in [1.29, 1.82) is 0 Å². The van der Waals surface area contributed by atoms with Crippen molar-refractivity contribution in [3.63, 3.8) is 0 Å². The van der Waals surface area contributed by atoms with E-state index in [-0.39, 0.29) is 12.5 Å². The van der Waals surface area contributed by atoms with Gasteiger partial charge in [-0.2, -0.15) is 4.98 Å². The molecule has 0 spiro atoms.